The fourth-order valence-electron chi connectivity index (χ4n) is 3.25. The third-order valence-electron chi connectivity index (χ3n) is 4.30. The molecule has 1 aliphatic rings. The van der Waals surface area contributed by atoms with Crippen LogP contribution in [0.1, 0.15) is 11.6 Å². The molecule has 0 fully saturated rings. The van der Waals surface area contributed by atoms with E-state index in [9.17, 15) is 10.1 Å². The van der Waals surface area contributed by atoms with Crippen molar-refractivity contribution >= 4 is 22.9 Å². The van der Waals surface area contributed by atoms with E-state index < -0.39 is 12.0 Å². The number of benzene rings is 2. The molecule has 6 heteroatoms. The summed E-state index contributed by atoms with van der Waals surface area (Å²) in [5, 5.41) is 12.3. The van der Waals surface area contributed by atoms with E-state index in [0.29, 0.717) is 11.7 Å². The van der Waals surface area contributed by atoms with Gasteiger partial charge in [0.05, 0.1) is 30.3 Å². The van der Waals surface area contributed by atoms with E-state index in [0.717, 1.165) is 16.6 Å². The third kappa shape index (κ3) is 1.95. The zero-order valence-electron chi connectivity index (χ0n) is 12.9. The van der Waals surface area contributed by atoms with Crippen molar-refractivity contribution in [3.05, 3.63) is 54.1 Å². The summed E-state index contributed by atoms with van der Waals surface area (Å²) in [4.78, 5) is 16.9. The molecule has 2 aromatic carbocycles. The number of nitrogens with zero attached hydrogens (tertiary/aromatic N) is 3. The number of nitrogens with one attached hydrogen (secondary N) is 1. The fraction of sp³-hybridized carbons (Fsp3) is 0.167. The van der Waals surface area contributed by atoms with Gasteiger partial charge in [0.15, 0.2) is 5.92 Å². The minimum atomic E-state index is -0.869. The largest absolute Gasteiger partial charge is 0.496 e. The molecule has 0 bridgehead atoms. The maximum absolute atomic E-state index is 12.4. The van der Waals surface area contributed by atoms with Gasteiger partial charge in [0.25, 0.3) is 0 Å². The Labute approximate surface area is 138 Å². The van der Waals surface area contributed by atoms with E-state index in [1.165, 1.54) is 0 Å². The monoisotopic (exact) mass is 318 g/mol. The Hall–Kier alpha value is -3.33. The summed E-state index contributed by atoms with van der Waals surface area (Å²) >= 11 is 0. The van der Waals surface area contributed by atoms with Gasteiger partial charge in [-0.15, -0.1) is 0 Å². The quantitative estimate of drug-likeness (QED) is 0.788. The summed E-state index contributed by atoms with van der Waals surface area (Å²) in [6.07, 6.45) is 0. The Kier molecular flexibility index (Phi) is 3.21. The van der Waals surface area contributed by atoms with Crippen LogP contribution in [0.15, 0.2) is 48.5 Å². The molecule has 4 rings (SSSR count). The minimum absolute atomic E-state index is 0.351. The van der Waals surface area contributed by atoms with Crippen LogP contribution in [0.5, 0.6) is 5.75 Å². The molecule has 0 radical (unpaired) electrons. The lowest BCUT2D eigenvalue weighted by molar-refractivity contribution is -0.119. The Morgan fingerprint density at radius 2 is 1.96 bits per heavy atom. The second-order valence-electron chi connectivity index (χ2n) is 5.58. The lowest BCUT2D eigenvalue weighted by Crippen LogP contribution is -2.37. The van der Waals surface area contributed by atoms with Crippen LogP contribution in [0.4, 0.5) is 5.95 Å². The maximum Gasteiger partial charge on any atom is 0.246 e. The van der Waals surface area contributed by atoms with Gasteiger partial charge in [-0.25, -0.2) is 4.98 Å². The fourth-order valence-corrected chi connectivity index (χ4v) is 3.25. The van der Waals surface area contributed by atoms with Crippen molar-refractivity contribution in [2.75, 3.05) is 12.4 Å². The van der Waals surface area contributed by atoms with E-state index in [1.807, 2.05) is 53.1 Å². The highest BCUT2D eigenvalue weighted by atomic mass is 16.5. The lowest BCUT2D eigenvalue weighted by atomic mass is 9.90. The first-order chi connectivity index (χ1) is 11.7. The van der Waals surface area contributed by atoms with Gasteiger partial charge < -0.3 is 9.30 Å². The Morgan fingerprint density at radius 3 is 2.75 bits per heavy atom. The van der Waals surface area contributed by atoms with Gasteiger partial charge in [-0.3, -0.25) is 10.1 Å². The summed E-state index contributed by atoms with van der Waals surface area (Å²) in [7, 11) is 1.58. The first-order valence-electron chi connectivity index (χ1n) is 7.55. The lowest BCUT2D eigenvalue weighted by Gasteiger charge is -2.30. The summed E-state index contributed by atoms with van der Waals surface area (Å²) in [6.45, 7) is 0. The normalized spacial score (nSPS) is 19.4. The van der Waals surface area contributed by atoms with Gasteiger partial charge >= 0.3 is 0 Å². The van der Waals surface area contributed by atoms with Gasteiger partial charge in [-0.2, -0.15) is 5.26 Å². The average Bonchev–Trinajstić information content (AvgIpc) is 2.98. The molecule has 24 heavy (non-hydrogen) atoms. The molecule has 1 aliphatic heterocycles. The number of amides is 1. The van der Waals surface area contributed by atoms with Crippen LogP contribution in [0.2, 0.25) is 0 Å². The van der Waals surface area contributed by atoms with E-state index in [4.69, 9.17) is 4.74 Å². The van der Waals surface area contributed by atoms with Gasteiger partial charge in [-0.1, -0.05) is 30.3 Å². The highest BCUT2D eigenvalue weighted by Crippen LogP contribution is 2.40. The third-order valence-corrected chi connectivity index (χ3v) is 4.30. The Bertz CT molecular complexity index is 986. The zero-order chi connectivity index (χ0) is 16.7. The molecule has 1 amide bonds. The Balaban J connectivity index is 2.04. The topological polar surface area (TPSA) is 79.9 Å². The second kappa shape index (κ2) is 5.39. The van der Waals surface area contributed by atoms with Crippen molar-refractivity contribution in [3.63, 3.8) is 0 Å². The number of rotatable bonds is 2. The number of methoxy groups -OCH3 is 1. The number of carbonyl (C=O) groups excluding carboxylic acids is 1. The van der Waals surface area contributed by atoms with Crippen LogP contribution < -0.4 is 10.1 Å². The molecule has 1 N–H and O–H groups in total. The molecule has 0 saturated carbocycles. The molecule has 0 unspecified atom stereocenters. The minimum Gasteiger partial charge on any atom is -0.496 e. The molecular formula is C18H14N4O2. The molecule has 0 aliphatic carbocycles. The molecule has 1 aromatic heterocycles. The van der Waals surface area contributed by atoms with Crippen molar-refractivity contribution in [2.24, 2.45) is 5.92 Å². The predicted octanol–water partition coefficient (Wildman–Crippen LogP) is 2.73. The molecule has 3 aromatic rings. The van der Waals surface area contributed by atoms with Crippen LogP contribution >= 0.6 is 0 Å². The number of carbonyl (C=O) groups is 1. The van der Waals surface area contributed by atoms with Gasteiger partial charge in [0.2, 0.25) is 11.9 Å². The van der Waals surface area contributed by atoms with Crippen LogP contribution in [-0.2, 0) is 4.79 Å². The molecule has 0 saturated heterocycles. The molecule has 2 heterocycles. The van der Waals surface area contributed by atoms with E-state index in [1.54, 1.807) is 7.11 Å². The van der Waals surface area contributed by atoms with Crippen molar-refractivity contribution in [2.45, 2.75) is 6.04 Å². The van der Waals surface area contributed by atoms with Crippen molar-refractivity contribution in [1.82, 2.24) is 9.55 Å². The highest BCUT2D eigenvalue weighted by molar-refractivity contribution is 5.97. The number of nitriles is 1. The average molecular weight is 318 g/mol. The van der Waals surface area contributed by atoms with Crippen LogP contribution in [0.25, 0.3) is 11.0 Å². The van der Waals surface area contributed by atoms with Gasteiger partial charge in [-0.05, 0) is 18.2 Å². The molecule has 118 valence electrons. The second-order valence-corrected chi connectivity index (χ2v) is 5.58. The smallest absolute Gasteiger partial charge is 0.246 e. The van der Waals surface area contributed by atoms with Gasteiger partial charge in [0.1, 0.15) is 5.75 Å². The number of anilines is 1. The highest BCUT2D eigenvalue weighted by Gasteiger charge is 2.40. The van der Waals surface area contributed by atoms with Crippen LogP contribution in [-0.4, -0.2) is 22.6 Å². The molecule has 2 atom stereocenters. The maximum atomic E-state index is 12.4. The number of fused-ring (bicyclic) bond motifs is 3. The standard InChI is InChI=1S/C18H14N4O2/c1-24-15-9-5-2-6-11(15)16-12(10-19)17(23)21-18-20-13-7-3-4-8-14(13)22(16)18/h2-9,12,16H,1H3,(H,20,21,23)/t12-,16-/m1/s1. The van der Waals surface area contributed by atoms with E-state index >= 15 is 0 Å². The van der Waals surface area contributed by atoms with Crippen LogP contribution in [0.3, 0.4) is 0 Å². The van der Waals surface area contributed by atoms with E-state index in [2.05, 4.69) is 16.4 Å². The zero-order valence-corrected chi connectivity index (χ0v) is 12.9. The SMILES string of the molecule is COc1ccccc1[C@@H]1[C@@H](C#N)C(=O)Nc2nc3ccccc3n21. The summed E-state index contributed by atoms with van der Waals surface area (Å²) in [5.41, 5.74) is 2.42. The molecule has 0 spiro atoms. The Morgan fingerprint density at radius 1 is 1.21 bits per heavy atom. The summed E-state index contributed by atoms with van der Waals surface area (Å²) in [5.74, 6) is -0.132. The summed E-state index contributed by atoms with van der Waals surface area (Å²) in [6, 6.07) is 16.7. The van der Waals surface area contributed by atoms with E-state index in [-0.39, 0.29) is 5.91 Å². The van der Waals surface area contributed by atoms with Crippen molar-refractivity contribution < 1.29 is 9.53 Å². The van der Waals surface area contributed by atoms with Crippen molar-refractivity contribution in [1.29, 1.82) is 5.26 Å². The number of hydrogen-bond acceptors (Lipinski definition) is 4. The summed E-state index contributed by atoms with van der Waals surface area (Å²) < 4.78 is 7.36. The van der Waals surface area contributed by atoms with Crippen LogP contribution in [0, 0.1) is 17.2 Å². The number of imidazole rings is 1. The molecular weight excluding hydrogens is 304 g/mol. The number of para-hydroxylation sites is 3. The molecule has 6 nitrogen and oxygen atoms in total. The number of hydrogen-bond donors (Lipinski definition) is 1. The first-order valence-corrected chi connectivity index (χ1v) is 7.55. The van der Waals surface area contributed by atoms with Crippen molar-refractivity contribution in [3.8, 4) is 11.8 Å². The number of aromatic nitrogens is 2. The van der Waals surface area contributed by atoms with Gasteiger partial charge in [0, 0.05) is 5.56 Å². The predicted molar refractivity (Wildman–Crippen MR) is 88.6 cm³/mol. The first kappa shape index (κ1) is 14.3. The number of ether oxygens (including phenoxy) is 1.